The van der Waals surface area contributed by atoms with Crippen molar-refractivity contribution in [2.45, 2.75) is 26.3 Å². The average Bonchev–Trinajstić information content (AvgIpc) is 3.36. The SMILES string of the molecule is CC(=O)N1CCN(CCOc2ccc3c(nnn3CC3CC3)c2Br)CC1. The summed E-state index contributed by atoms with van der Waals surface area (Å²) in [6.45, 7) is 7.45. The van der Waals surface area contributed by atoms with Crippen molar-refractivity contribution in [3.05, 3.63) is 16.6 Å². The Labute approximate surface area is 161 Å². The highest BCUT2D eigenvalue weighted by Crippen LogP contribution is 2.34. The molecule has 1 aliphatic heterocycles. The van der Waals surface area contributed by atoms with Gasteiger partial charge in [0.25, 0.3) is 0 Å². The summed E-state index contributed by atoms with van der Waals surface area (Å²) in [5.74, 6) is 1.73. The first-order valence-corrected chi connectivity index (χ1v) is 10.0. The van der Waals surface area contributed by atoms with Gasteiger partial charge in [-0.3, -0.25) is 9.69 Å². The minimum Gasteiger partial charge on any atom is -0.491 e. The summed E-state index contributed by atoms with van der Waals surface area (Å²) in [6, 6.07) is 4.04. The van der Waals surface area contributed by atoms with Gasteiger partial charge in [-0.05, 0) is 46.8 Å². The lowest BCUT2D eigenvalue weighted by Crippen LogP contribution is -2.48. The number of nitrogens with zero attached hydrogens (tertiary/aromatic N) is 5. The van der Waals surface area contributed by atoms with E-state index < -0.39 is 0 Å². The maximum absolute atomic E-state index is 11.4. The lowest BCUT2D eigenvalue weighted by molar-refractivity contribution is -0.130. The molecule has 0 spiro atoms. The van der Waals surface area contributed by atoms with Crippen LogP contribution in [0.1, 0.15) is 19.8 Å². The fraction of sp³-hybridized carbons (Fsp3) is 0.611. The van der Waals surface area contributed by atoms with Gasteiger partial charge in [0.2, 0.25) is 5.91 Å². The molecule has 2 fully saturated rings. The summed E-state index contributed by atoms with van der Waals surface area (Å²) < 4.78 is 8.85. The molecular weight excluding hydrogens is 398 g/mol. The van der Waals surface area contributed by atoms with E-state index in [-0.39, 0.29) is 5.91 Å². The Kier molecular flexibility index (Phi) is 5.13. The number of carbonyl (C=O) groups excluding carboxylic acids is 1. The summed E-state index contributed by atoms with van der Waals surface area (Å²) in [5, 5.41) is 8.61. The predicted octanol–water partition coefficient (Wildman–Crippen LogP) is 2.15. The van der Waals surface area contributed by atoms with E-state index in [0.29, 0.717) is 6.61 Å². The Morgan fingerprint density at radius 1 is 1.27 bits per heavy atom. The summed E-state index contributed by atoms with van der Waals surface area (Å²) in [7, 11) is 0. The van der Waals surface area contributed by atoms with Crippen LogP contribution in [0.3, 0.4) is 0 Å². The molecule has 0 radical (unpaired) electrons. The average molecular weight is 422 g/mol. The molecule has 0 atom stereocenters. The van der Waals surface area contributed by atoms with E-state index in [1.165, 1.54) is 12.8 Å². The second kappa shape index (κ2) is 7.52. The van der Waals surface area contributed by atoms with Gasteiger partial charge in [-0.1, -0.05) is 5.21 Å². The van der Waals surface area contributed by atoms with E-state index in [9.17, 15) is 4.79 Å². The number of aromatic nitrogens is 3. The third kappa shape index (κ3) is 3.86. The third-order valence-corrected chi connectivity index (χ3v) is 5.97. The maximum atomic E-state index is 11.4. The van der Waals surface area contributed by atoms with E-state index in [2.05, 4.69) is 31.1 Å². The van der Waals surface area contributed by atoms with Gasteiger partial charge in [0.15, 0.2) is 0 Å². The highest BCUT2D eigenvalue weighted by molar-refractivity contribution is 9.10. The normalized spacial score (nSPS) is 18.5. The van der Waals surface area contributed by atoms with Gasteiger partial charge in [-0.25, -0.2) is 4.68 Å². The van der Waals surface area contributed by atoms with Crippen LogP contribution in [0.15, 0.2) is 16.6 Å². The molecule has 1 amide bonds. The second-order valence-corrected chi connectivity index (χ2v) is 7.95. The fourth-order valence-corrected chi connectivity index (χ4v) is 3.88. The highest BCUT2D eigenvalue weighted by atomic mass is 79.9. The minimum atomic E-state index is 0.160. The largest absolute Gasteiger partial charge is 0.491 e. The molecule has 1 aromatic heterocycles. The Balaban J connectivity index is 1.33. The molecule has 4 rings (SSSR count). The lowest BCUT2D eigenvalue weighted by Gasteiger charge is -2.34. The van der Waals surface area contributed by atoms with E-state index in [1.807, 2.05) is 21.7 Å². The number of halogens is 1. The van der Waals surface area contributed by atoms with Crippen LogP contribution in [0.25, 0.3) is 11.0 Å². The molecule has 1 saturated heterocycles. The molecule has 8 heteroatoms. The molecule has 2 aromatic rings. The molecule has 1 saturated carbocycles. The van der Waals surface area contributed by atoms with E-state index in [0.717, 1.165) is 66.4 Å². The molecule has 0 N–H and O–H groups in total. The first-order chi connectivity index (χ1) is 12.6. The van der Waals surface area contributed by atoms with Crippen LogP contribution in [0.2, 0.25) is 0 Å². The summed E-state index contributed by atoms with van der Waals surface area (Å²) in [6.07, 6.45) is 2.59. The molecule has 0 unspecified atom stereocenters. The number of benzene rings is 1. The van der Waals surface area contributed by atoms with Crippen LogP contribution in [0, 0.1) is 5.92 Å². The Bertz CT molecular complexity index is 796. The molecule has 7 nitrogen and oxygen atoms in total. The van der Waals surface area contributed by atoms with Crippen LogP contribution in [-0.2, 0) is 11.3 Å². The van der Waals surface area contributed by atoms with Gasteiger partial charge >= 0.3 is 0 Å². The molecule has 1 aromatic carbocycles. The zero-order chi connectivity index (χ0) is 18.1. The van der Waals surface area contributed by atoms with Gasteiger partial charge in [0.05, 0.1) is 9.99 Å². The van der Waals surface area contributed by atoms with Crippen molar-refractivity contribution in [3.8, 4) is 5.75 Å². The molecule has 26 heavy (non-hydrogen) atoms. The van der Waals surface area contributed by atoms with E-state index in [4.69, 9.17) is 4.74 Å². The molecule has 2 aliphatic rings. The van der Waals surface area contributed by atoms with Crippen molar-refractivity contribution >= 4 is 32.9 Å². The first-order valence-electron chi connectivity index (χ1n) is 9.24. The van der Waals surface area contributed by atoms with Gasteiger partial charge in [0.1, 0.15) is 17.9 Å². The van der Waals surface area contributed by atoms with E-state index in [1.54, 1.807) is 6.92 Å². The lowest BCUT2D eigenvalue weighted by atomic mass is 10.3. The van der Waals surface area contributed by atoms with Gasteiger partial charge in [0, 0.05) is 46.2 Å². The quantitative estimate of drug-likeness (QED) is 0.714. The Morgan fingerprint density at radius 3 is 2.73 bits per heavy atom. The van der Waals surface area contributed by atoms with Crippen molar-refractivity contribution in [1.29, 1.82) is 0 Å². The number of hydrogen-bond donors (Lipinski definition) is 0. The van der Waals surface area contributed by atoms with Gasteiger partial charge in [-0.2, -0.15) is 0 Å². The zero-order valence-electron chi connectivity index (χ0n) is 15.0. The van der Waals surface area contributed by atoms with Crippen LogP contribution in [-0.4, -0.2) is 70.0 Å². The Morgan fingerprint density at radius 2 is 2.04 bits per heavy atom. The summed E-state index contributed by atoms with van der Waals surface area (Å²) in [5.41, 5.74) is 1.91. The maximum Gasteiger partial charge on any atom is 0.219 e. The van der Waals surface area contributed by atoms with Crippen molar-refractivity contribution < 1.29 is 9.53 Å². The van der Waals surface area contributed by atoms with Crippen LogP contribution < -0.4 is 4.74 Å². The highest BCUT2D eigenvalue weighted by Gasteiger charge is 2.24. The smallest absolute Gasteiger partial charge is 0.219 e. The molecule has 140 valence electrons. The summed E-state index contributed by atoms with van der Waals surface area (Å²) in [4.78, 5) is 15.6. The molecule has 0 bridgehead atoms. The van der Waals surface area contributed by atoms with Gasteiger partial charge < -0.3 is 9.64 Å². The zero-order valence-corrected chi connectivity index (χ0v) is 16.6. The number of amides is 1. The van der Waals surface area contributed by atoms with E-state index >= 15 is 0 Å². The number of hydrogen-bond acceptors (Lipinski definition) is 5. The monoisotopic (exact) mass is 421 g/mol. The molecule has 2 heterocycles. The van der Waals surface area contributed by atoms with Crippen molar-refractivity contribution in [2.24, 2.45) is 5.92 Å². The number of fused-ring (bicyclic) bond motifs is 1. The first kappa shape index (κ1) is 17.7. The fourth-order valence-electron chi connectivity index (χ4n) is 3.35. The topological polar surface area (TPSA) is 63.5 Å². The van der Waals surface area contributed by atoms with Crippen molar-refractivity contribution in [2.75, 3.05) is 39.3 Å². The minimum absolute atomic E-state index is 0.160. The van der Waals surface area contributed by atoms with Crippen molar-refractivity contribution in [1.82, 2.24) is 24.8 Å². The predicted molar refractivity (Wildman–Crippen MR) is 102 cm³/mol. The number of piperazine rings is 1. The van der Waals surface area contributed by atoms with Crippen LogP contribution >= 0.6 is 15.9 Å². The number of rotatable bonds is 6. The van der Waals surface area contributed by atoms with Gasteiger partial charge in [-0.15, -0.1) is 5.10 Å². The molecular formula is C18H24BrN5O2. The molecule has 1 aliphatic carbocycles. The second-order valence-electron chi connectivity index (χ2n) is 7.16. The standard InChI is InChI=1S/C18H24BrN5O2/c1-13(25)23-8-6-22(7-9-23)10-11-26-16-5-4-15-18(17(16)19)20-21-24(15)12-14-2-3-14/h4-5,14H,2-3,6-12H2,1H3. The van der Waals surface area contributed by atoms with Crippen molar-refractivity contribution in [3.63, 3.8) is 0 Å². The summed E-state index contributed by atoms with van der Waals surface area (Å²) >= 11 is 3.63. The number of ether oxygens (including phenoxy) is 1. The van der Waals surface area contributed by atoms with Crippen LogP contribution in [0.5, 0.6) is 5.75 Å². The number of carbonyl (C=O) groups is 1. The van der Waals surface area contributed by atoms with Crippen LogP contribution in [0.4, 0.5) is 0 Å². The third-order valence-electron chi connectivity index (χ3n) is 5.20. The Hall–Kier alpha value is -1.67.